The van der Waals surface area contributed by atoms with Crippen molar-refractivity contribution in [2.45, 2.75) is 13.8 Å². The Morgan fingerprint density at radius 1 is 1.14 bits per heavy atom. The second-order valence-corrected chi connectivity index (χ2v) is 5.29. The fourth-order valence-electron chi connectivity index (χ4n) is 2.02. The number of rotatable bonds is 3. The van der Waals surface area contributed by atoms with Crippen molar-refractivity contribution < 1.29 is 14.8 Å². The first kappa shape index (κ1) is 15.6. The Bertz CT molecular complexity index is 689. The predicted octanol–water partition coefficient (Wildman–Crippen LogP) is 1.89. The molecule has 0 heterocycles. The SMILES string of the molecule is Cc1ccc(NC(=O)c2ccc(B(O)O)cc2Cl)c(C)c1. The van der Waals surface area contributed by atoms with Crippen molar-refractivity contribution >= 4 is 35.8 Å². The molecule has 0 spiro atoms. The molecule has 0 unspecified atom stereocenters. The summed E-state index contributed by atoms with van der Waals surface area (Å²) in [4.78, 5) is 12.2. The molecule has 0 saturated heterocycles. The van der Waals surface area contributed by atoms with Crippen LogP contribution in [0.2, 0.25) is 5.02 Å². The Morgan fingerprint density at radius 2 is 1.86 bits per heavy atom. The van der Waals surface area contributed by atoms with E-state index < -0.39 is 7.12 Å². The van der Waals surface area contributed by atoms with Crippen LogP contribution in [-0.2, 0) is 0 Å². The molecule has 0 radical (unpaired) electrons. The molecule has 108 valence electrons. The van der Waals surface area contributed by atoms with Gasteiger partial charge in [-0.25, -0.2) is 0 Å². The van der Waals surface area contributed by atoms with Crippen molar-refractivity contribution in [1.29, 1.82) is 0 Å². The number of hydrogen-bond acceptors (Lipinski definition) is 3. The maximum Gasteiger partial charge on any atom is 0.488 e. The van der Waals surface area contributed by atoms with E-state index in [1.54, 1.807) is 0 Å². The average Bonchev–Trinajstić information content (AvgIpc) is 2.41. The maximum atomic E-state index is 12.2. The van der Waals surface area contributed by atoms with Gasteiger partial charge in [0.1, 0.15) is 0 Å². The van der Waals surface area contributed by atoms with Crippen LogP contribution in [0.4, 0.5) is 5.69 Å². The van der Waals surface area contributed by atoms with E-state index in [0.717, 1.165) is 11.1 Å². The van der Waals surface area contributed by atoms with E-state index in [-0.39, 0.29) is 22.0 Å². The van der Waals surface area contributed by atoms with Crippen LogP contribution in [0.25, 0.3) is 0 Å². The molecule has 0 fully saturated rings. The van der Waals surface area contributed by atoms with Gasteiger partial charge in [0, 0.05) is 5.69 Å². The molecule has 0 aromatic heterocycles. The monoisotopic (exact) mass is 303 g/mol. The van der Waals surface area contributed by atoms with Gasteiger partial charge in [-0.1, -0.05) is 35.4 Å². The first-order valence-corrected chi connectivity index (χ1v) is 6.80. The number of benzene rings is 2. The van der Waals surface area contributed by atoms with Gasteiger partial charge >= 0.3 is 7.12 Å². The summed E-state index contributed by atoms with van der Waals surface area (Å²) < 4.78 is 0. The highest BCUT2D eigenvalue weighted by molar-refractivity contribution is 6.59. The smallest absolute Gasteiger partial charge is 0.423 e. The van der Waals surface area contributed by atoms with Gasteiger partial charge < -0.3 is 15.4 Å². The first-order chi connectivity index (χ1) is 9.88. The number of amides is 1. The molecular weight excluding hydrogens is 288 g/mol. The molecule has 0 aliphatic rings. The van der Waals surface area contributed by atoms with Crippen LogP contribution < -0.4 is 10.8 Å². The van der Waals surface area contributed by atoms with Crippen LogP contribution >= 0.6 is 11.6 Å². The zero-order valence-corrected chi connectivity index (χ0v) is 12.5. The van der Waals surface area contributed by atoms with Crippen molar-refractivity contribution in [2.24, 2.45) is 0 Å². The highest BCUT2D eigenvalue weighted by Crippen LogP contribution is 2.20. The van der Waals surface area contributed by atoms with Gasteiger partial charge in [0.25, 0.3) is 5.91 Å². The Morgan fingerprint density at radius 3 is 2.43 bits per heavy atom. The molecule has 2 aromatic carbocycles. The molecular formula is C15H15BClNO3. The molecule has 21 heavy (non-hydrogen) atoms. The van der Waals surface area contributed by atoms with Crippen molar-refractivity contribution in [3.63, 3.8) is 0 Å². The van der Waals surface area contributed by atoms with E-state index in [4.69, 9.17) is 21.6 Å². The number of aryl methyl sites for hydroxylation is 2. The Balaban J connectivity index is 2.24. The van der Waals surface area contributed by atoms with Gasteiger partial charge in [0.05, 0.1) is 10.6 Å². The van der Waals surface area contributed by atoms with Gasteiger partial charge in [0.2, 0.25) is 0 Å². The van der Waals surface area contributed by atoms with E-state index >= 15 is 0 Å². The lowest BCUT2D eigenvalue weighted by Crippen LogP contribution is -2.30. The molecule has 0 aliphatic carbocycles. The standard InChI is InChI=1S/C15H15BClNO3/c1-9-3-6-14(10(2)7-9)18-15(19)12-5-4-11(16(20)21)8-13(12)17/h3-8,20-21H,1-2H3,(H,18,19). The normalized spacial score (nSPS) is 10.3. The fourth-order valence-corrected chi connectivity index (χ4v) is 2.29. The van der Waals surface area contributed by atoms with E-state index in [9.17, 15) is 4.79 Å². The van der Waals surface area contributed by atoms with E-state index in [0.29, 0.717) is 5.69 Å². The molecule has 2 rings (SSSR count). The summed E-state index contributed by atoms with van der Waals surface area (Å²) in [6.07, 6.45) is 0. The zero-order valence-electron chi connectivity index (χ0n) is 11.7. The van der Waals surface area contributed by atoms with Crippen molar-refractivity contribution in [3.8, 4) is 0 Å². The van der Waals surface area contributed by atoms with Gasteiger partial charge in [-0.3, -0.25) is 4.79 Å². The third kappa shape index (κ3) is 3.64. The van der Waals surface area contributed by atoms with Crippen LogP contribution in [0.15, 0.2) is 36.4 Å². The summed E-state index contributed by atoms with van der Waals surface area (Å²) in [6, 6.07) is 10.0. The minimum atomic E-state index is -1.61. The summed E-state index contributed by atoms with van der Waals surface area (Å²) in [5.41, 5.74) is 3.31. The second kappa shape index (κ2) is 6.31. The second-order valence-electron chi connectivity index (χ2n) is 4.89. The number of hydrogen-bond donors (Lipinski definition) is 3. The minimum absolute atomic E-state index is 0.169. The fraction of sp³-hybridized carbons (Fsp3) is 0.133. The highest BCUT2D eigenvalue weighted by Gasteiger charge is 2.16. The highest BCUT2D eigenvalue weighted by atomic mass is 35.5. The van der Waals surface area contributed by atoms with Crippen LogP contribution in [0, 0.1) is 13.8 Å². The van der Waals surface area contributed by atoms with Gasteiger partial charge in [-0.05, 0) is 43.1 Å². The van der Waals surface area contributed by atoms with Crippen molar-refractivity contribution in [3.05, 3.63) is 58.1 Å². The van der Waals surface area contributed by atoms with Crippen molar-refractivity contribution in [2.75, 3.05) is 5.32 Å². The van der Waals surface area contributed by atoms with Crippen LogP contribution in [0.5, 0.6) is 0 Å². The van der Waals surface area contributed by atoms with Crippen LogP contribution in [0.1, 0.15) is 21.5 Å². The Hall–Kier alpha value is -1.82. The molecule has 0 bridgehead atoms. The zero-order chi connectivity index (χ0) is 15.6. The quantitative estimate of drug-likeness (QED) is 0.758. The lowest BCUT2D eigenvalue weighted by Gasteiger charge is -2.11. The third-order valence-corrected chi connectivity index (χ3v) is 3.48. The molecule has 4 nitrogen and oxygen atoms in total. The first-order valence-electron chi connectivity index (χ1n) is 6.42. The molecule has 1 amide bonds. The largest absolute Gasteiger partial charge is 0.488 e. The molecule has 3 N–H and O–H groups in total. The molecule has 2 aromatic rings. The third-order valence-electron chi connectivity index (χ3n) is 3.17. The number of anilines is 1. The van der Waals surface area contributed by atoms with Gasteiger partial charge in [-0.15, -0.1) is 0 Å². The summed E-state index contributed by atoms with van der Waals surface area (Å²) in [6.45, 7) is 3.89. The molecule has 6 heteroatoms. The topological polar surface area (TPSA) is 69.6 Å². The number of carbonyl (C=O) groups is 1. The lowest BCUT2D eigenvalue weighted by atomic mass is 9.80. The average molecular weight is 304 g/mol. The Kier molecular flexibility index (Phi) is 4.68. The number of halogens is 1. The summed E-state index contributed by atoms with van der Waals surface area (Å²) in [5, 5.41) is 21.1. The van der Waals surface area contributed by atoms with Gasteiger partial charge in [0.15, 0.2) is 0 Å². The number of nitrogens with one attached hydrogen (secondary N) is 1. The molecule has 0 aliphatic heterocycles. The molecule has 0 saturated carbocycles. The summed E-state index contributed by atoms with van der Waals surface area (Å²) in [7, 11) is -1.61. The summed E-state index contributed by atoms with van der Waals surface area (Å²) >= 11 is 6.02. The summed E-state index contributed by atoms with van der Waals surface area (Å²) in [5.74, 6) is -0.342. The predicted molar refractivity (Wildman–Crippen MR) is 85.1 cm³/mol. The van der Waals surface area contributed by atoms with E-state index in [1.165, 1.54) is 18.2 Å². The van der Waals surface area contributed by atoms with Gasteiger partial charge in [-0.2, -0.15) is 0 Å². The maximum absolute atomic E-state index is 12.2. The van der Waals surface area contributed by atoms with Crippen LogP contribution in [-0.4, -0.2) is 23.1 Å². The number of carbonyl (C=O) groups excluding carboxylic acids is 1. The minimum Gasteiger partial charge on any atom is -0.423 e. The molecule has 0 atom stereocenters. The Labute approximate surface area is 128 Å². The van der Waals surface area contributed by atoms with E-state index in [1.807, 2.05) is 32.0 Å². The van der Waals surface area contributed by atoms with Crippen LogP contribution in [0.3, 0.4) is 0 Å². The lowest BCUT2D eigenvalue weighted by molar-refractivity contribution is 0.102. The van der Waals surface area contributed by atoms with E-state index in [2.05, 4.69) is 5.32 Å². The van der Waals surface area contributed by atoms with Crippen molar-refractivity contribution in [1.82, 2.24) is 0 Å².